The third-order valence-corrected chi connectivity index (χ3v) is 2.34. The summed E-state index contributed by atoms with van der Waals surface area (Å²) in [5.41, 5.74) is 1.95. The van der Waals surface area contributed by atoms with Crippen LogP contribution in [0.5, 0.6) is 0 Å². The smallest absolute Gasteiger partial charge is 0.0964 e. The van der Waals surface area contributed by atoms with Crippen molar-refractivity contribution in [3.05, 3.63) is 62.1 Å². The van der Waals surface area contributed by atoms with Crippen molar-refractivity contribution in [2.45, 2.75) is 13.8 Å². The Balaban J connectivity index is -0.000000377. The van der Waals surface area contributed by atoms with Gasteiger partial charge in [-0.1, -0.05) is 24.3 Å². The summed E-state index contributed by atoms with van der Waals surface area (Å²) in [6.45, 7) is 11.2. The first-order valence-electron chi connectivity index (χ1n) is 6.80. The monoisotopic (exact) mass is 458 g/mol. The Morgan fingerprint density at radius 2 is 1.04 bits per heavy atom. The second-order valence-electron chi connectivity index (χ2n) is 4.25. The van der Waals surface area contributed by atoms with Gasteiger partial charge in [0.2, 0.25) is 0 Å². The third-order valence-electron chi connectivity index (χ3n) is 2.34. The molecule has 0 aliphatic carbocycles. The number of aromatic nitrogens is 2. The molecular formula is C18H16N2O6Ru. The molecule has 0 atom stereocenters. The number of carbonyl (C=O) groups is 2. The number of pyridine rings is 2. The Morgan fingerprint density at radius 1 is 0.778 bits per heavy atom. The van der Waals surface area contributed by atoms with Gasteiger partial charge >= 0.3 is 22.6 Å². The molecule has 3 rings (SSSR count). The summed E-state index contributed by atoms with van der Waals surface area (Å²) in [7, 11) is 0. The number of rotatable bonds is 0. The Kier molecular flexibility index (Phi) is 19.1. The number of nitrogens with zero attached hydrogens (tertiary/aromatic N) is 2. The van der Waals surface area contributed by atoms with Crippen LogP contribution >= 0.6 is 0 Å². The van der Waals surface area contributed by atoms with Crippen molar-refractivity contribution < 1.29 is 48.6 Å². The van der Waals surface area contributed by atoms with Crippen molar-refractivity contribution in [1.29, 1.82) is 0 Å². The summed E-state index contributed by atoms with van der Waals surface area (Å²) in [5.74, 6) is -1.67. The van der Waals surface area contributed by atoms with E-state index >= 15 is 0 Å². The zero-order valence-electron chi connectivity index (χ0n) is 14.4. The molecule has 0 saturated heterocycles. The molecule has 2 aromatic heterocycles. The number of hydrogen-bond donors (Lipinski definition) is 2. The van der Waals surface area contributed by atoms with Crippen molar-refractivity contribution in [3.63, 3.8) is 0 Å². The number of carboxylic acids is 2. The molecule has 2 N–H and O–H groups in total. The molecule has 27 heavy (non-hydrogen) atoms. The molecule has 3 aromatic rings. The molecule has 0 fully saturated rings. The van der Waals surface area contributed by atoms with E-state index in [0.29, 0.717) is 0 Å². The van der Waals surface area contributed by atoms with Crippen molar-refractivity contribution in [2.24, 2.45) is 0 Å². The van der Waals surface area contributed by atoms with E-state index in [-0.39, 0.29) is 19.5 Å². The van der Waals surface area contributed by atoms with Gasteiger partial charge in [0.15, 0.2) is 0 Å². The van der Waals surface area contributed by atoms with E-state index in [1.165, 1.54) is 0 Å². The maximum absolute atomic E-state index is 9.00. The average Bonchev–Trinajstić information content (AvgIpc) is 2.64. The maximum atomic E-state index is 9.00. The third kappa shape index (κ3) is 13.0. The topological polar surface area (TPSA) is 140 Å². The summed E-state index contributed by atoms with van der Waals surface area (Å²) >= 11 is 0. The molecular weight excluding hydrogens is 441 g/mol. The quantitative estimate of drug-likeness (QED) is 0.230. The molecule has 2 heterocycles. The van der Waals surface area contributed by atoms with Gasteiger partial charge in [-0.3, -0.25) is 19.6 Å². The largest absolute Gasteiger partial charge is 0.254 e. The minimum Gasteiger partial charge on any atom is -0.254 e. The van der Waals surface area contributed by atoms with Crippen molar-refractivity contribution in [1.82, 2.24) is 9.97 Å². The molecule has 0 unspecified atom stereocenters. The average molecular weight is 457 g/mol. The molecule has 0 amide bonds. The van der Waals surface area contributed by atoms with E-state index < -0.39 is 11.9 Å². The summed E-state index contributed by atoms with van der Waals surface area (Å²) in [6.07, 6.45) is 3.60. The summed E-state index contributed by atoms with van der Waals surface area (Å²) in [5, 5.41) is 17.1. The van der Waals surface area contributed by atoms with Crippen LogP contribution in [0.15, 0.2) is 48.8 Å². The Labute approximate surface area is 168 Å². The van der Waals surface area contributed by atoms with E-state index in [9.17, 15) is 0 Å². The fourth-order valence-electron chi connectivity index (χ4n) is 1.68. The van der Waals surface area contributed by atoms with Crippen LogP contribution in [-0.4, -0.2) is 32.1 Å². The predicted molar refractivity (Wildman–Crippen MR) is 91.5 cm³/mol. The molecule has 1 aromatic carbocycles. The van der Waals surface area contributed by atoms with Crippen LogP contribution in [0.25, 0.3) is 21.8 Å². The van der Waals surface area contributed by atoms with Crippen LogP contribution < -0.4 is 0 Å². The molecule has 0 spiro atoms. The number of fused-ring (bicyclic) bond motifs is 3. The van der Waals surface area contributed by atoms with Crippen molar-refractivity contribution >= 4 is 33.7 Å². The van der Waals surface area contributed by atoms with Gasteiger partial charge in [-0.05, 0) is 12.1 Å². The first-order chi connectivity index (χ1) is 12.4. The van der Waals surface area contributed by atoms with Crippen LogP contribution in [-0.2, 0) is 38.4 Å². The molecule has 0 bridgehead atoms. The Hall–Kier alpha value is -2.92. The van der Waals surface area contributed by atoms with E-state index in [0.717, 1.165) is 35.7 Å². The van der Waals surface area contributed by atoms with E-state index in [1.807, 2.05) is 12.1 Å². The Bertz CT molecular complexity index is 799. The first-order valence-corrected chi connectivity index (χ1v) is 6.80. The molecule has 0 saturated carbocycles. The molecule has 8 nitrogen and oxygen atoms in total. The number of carboxylic acid groups (broad SMARTS) is 2. The van der Waals surface area contributed by atoms with Gasteiger partial charge in [-0.15, -0.1) is 0 Å². The predicted octanol–water partition coefficient (Wildman–Crippen LogP) is 2.89. The summed E-state index contributed by atoms with van der Waals surface area (Å²) in [6, 6.07) is 12.1. The first kappa shape index (κ1) is 28.9. The fourth-order valence-corrected chi connectivity index (χ4v) is 1.68. The van der Waals surface area contributed by atoms with Crippen molar-refractivity contribution in [3.8, 4) is 0 Å². The van der Waals surface area contributed by atoms with Gasteiger partial charge in [-0.25, -0.2) is 0 Å². The second-order valence-corrected chi connectivity index (χ2v) is 4.25. The molecule has 0 radical (unpaired) electrons. The number of benzene rings is 1. The second kappa shape index (κ2) is 17.9. The van der Waals surface area contributed by atoms with Crippen molar-refractivity contribution in [2.75, 3.05) is 0 Å². The van der Waals surface area contributed by atoms with E-state index in [2.05, 4.69) is 47.5 Å². The van der Waals surface area contributed by atoms with Gasteiger partial charge in [0.25, 0.3) is 11.9 Å². The van der Waals surface area contributed by atoms with Crippen LogP contribution in [0.3, 0.4) is 0 Å². The molecule has 9 heteroatoms. The van der Waals surface area contributed by atoms with Crippen LogP contribution in [0, 0.1) is 13.3 Å². The zero-order chi connectivity index (χ0) is 20.5. The summed E-state index contributed by atoms with van der Waals surface area (Å²) < 4.78 is 15.0. The fraction of sp³-hybridized carbons (Fsp3) is 0.111. The standard InChI is InChI=1S/C12H8N2.2C2H4O2.2CO.Ru/c1-3-9-5-6-10-4-2-8-14-12(10)11(9)13-7-1;2*1-2(3)4;2*1-2;/h1-8H;2*1H3,(H,3,4);;;. The van der Waals surface area contributed by atoms with Gasteiger partial charge in [-0.2, -0.15) is 0 Å². The number of aliphatic carboxylic acids is 2. The van der Waals surface area contributed by atoms with Gasteiger partial charge in [0.1, 0.15) is 0 Å². The van der Waals surface area contributed by atoms with Gasteiger partial charge in [0.05, 0.1) is 11.0 Å². The molecule has 0 aliphatic heterocycles. The minimum atomic E-state index is -0.833. The maximum Gasteiger partial charge on any atom is 0.0964 e. The SMILES string of the molecule is CC(=O)O.CC(=O)O.[C-]#[O+].[C-]#[O+].[Ru].c1cnc2c(c1)ccc1cccnc12. The van der Waals surface area contributed by atoms with E-state index in [4.69, 9.17) is 29.1 Å². The van der Waals surface area contributed by atoms with Crippen LogP contribution in [0.2, 0.25) is 0 Å². The van der Waals surface area contributed by atoms with Crippen LogP contribution in [0.4, 0.5) is 0 Å². The Morgan fingerprint density at radius 3 is 1.30 bits per heavy atom. The zero-order valence-corrected chi connectivity index (χ0v) is 16.1. The minimum absolute atomic E-state index is 0. The van der Waals surface area contributed by atoms with Crippen LogP contribution in [0.1, 0.15) is 13.8 Å². The van der Waals surface area contributed by atoms with Gasteiger partial charge < -0.3 is 10.2 Å². The molecule has 142 valence electrons. The van der Waals surface area contributed by atoms with Gasteiger partial charge in [0, 0.05) is 56.5 Å². The normalized spacial score (nSPS) is 7.63. The van der Waals surface area contributed by atoms with E-state index in [1.54, 1.807) is 12.4 Å². The molecule has 0 aliphatic rings. The summed E-state index contributed by atoms with van der Waals surface area (Å²) in [4.78, 5) is 26.7. The number of hydrogen-bond acceptors (Lipinski definition) is 4.